The van der Waals surface area contributed by atoms with Gasteiger partial charge in [-0.25, -0.2) is 0 Å². The van der Waals surface area contributed by atoms with E-state index in [1.807, 2.05) is 25.1 Å². The maximum Gasteiger partial charge on any atom is 0.253 e. The Labute approximate surface area is 121 Å². The molecule has 0 unspecified atom stereocenters. The molecule has 1 amide bonds. The van der Waals surface area contributed by atoms with E-state index in [-0.39, 0.29) is 5.91 Å². The molecule has 1 aromatic carbocycles. The van der Waals surface area contributed by atoms with E-state index in [0.29, 0.717) is 36.7 Å². The number of carbonyl (C=O) groups excluding carboxylic acids is 1. The van der Waals surface area contributed by atoms with Gasteiger partial charge in [-0.15, -0.1) is 0 Å². The Morgan fingerprint density at radius 2 is 2.10 bits per heavy atom. The molecule has 1 saturated heterocycles. The predicted octanol–water partition coefficient (Wildman–Crippen LogP) is 0.510. The van der Waals surface area contributed by atoms with E-state index in [2.05, 4.69) is 11.8 Å². The zero-order valence-corrected chi connectivity index (χ0v) is 12.3. The first kappa shape index (κ1) is 14.8. The molecule has 0 atom stereocenters. The number of benzene rings is 1. The van der Waals surface area contributed by atoms with Gasteiger partial charge in [-0.3, -0.25) is 9.00 Å². The highest BCUT2D eigenvalue weighted by molar-refractivity contribution is 7.85. The average molecular weight is 290 g/mol. The van der Waals surface area contributed by atoms with Gasteiger partial charge in [-0.2, -0.15) is 0 Å². The monoisotopic (exact) mass is 290 g/mol. The lowest BCUT2D eigenvalue weighted by atomic mass is 10.0. The van der Waals surface area contributed by atoms with Crippen molar-refractivity contribution in [3.05, 3.63) is 34.9 Å². The molecule has 2 N–H and O–H groups in total. The van der Waals surface area contributed by atoms with Gasteiger partial charge in [-0.05, 0) is 24.6 Å². The van der Waals surface area contributed by atoms with Crippen LogP contribution >= 0.6 is 0 Å². The molecule has 1 aliphatic rings. The van der Waals surface area contributed by atoms with Crippen LogP contribution in [0.3, 0.4) is 0 Å². The van der Waals surface area contributed by atoms with Crippen LogP contribution in [0.25, 0.3) is 0 Å². The number of nitrogens with zero attached hydrogens (tertiary/aromatic N) is 1. The Morgan fingerprint density at radius 3 is 2.75 bits per heavy atom. The van der Waals surface area contributed by atoms with Crippen LogP contribution in [0.4, 0.5) is 0 Å². The Bertz CT molecular complexity index is 592. The normalized spacial score (nSPS) is 15.6. The van der Waals surface area contributed by atoms with Gasteiger partial charge < -0.3 is 10.6 Å². The smallest absolute Gasteiger partial charge is 0.253 e. The van der Waals surface area contributed by atoms with Crippen LogP contribution in [0.2, 0.25) is 0 Å². The number of hydrogen-bond donors (Lipinski definition) is 1. The van der Waals surface area contributed by atoms with Crippen LogP contribution in [0.15, 0.2) is 18.2 Å². The van der Waals surface area contributed by atoms with Gasteiger partial charge >= 0.3 is 0 Å². The number of aryl methyl sites for hydroxylation is 1. The fourth-order valence-corrected chi connectivity index (χ4v) is 3.11. The van der Waals surface area contributed by atoms with Crippen LogP contribution in [0.5, 0.6) is 0 Å². The van der Waals surface area contributed by atoms with Gasteiger partial charge in [0.1, 0.15) is 0 Å². The van der Waals surface area contributed by atoms with Crippen molar-refractivity contribution in [1.29, 1.82) is 0 Å². The van der Waals surface area contributed by atoms with E-state index in [9.17, 15) is 9.00 Å². The summed E-state index contributed by atoms with van der Waals surface area (Å²) in [5, 5.41) is 0. The summed E-state index contributed by atoms with van der Waals surface area (Å²) < 4.78 is 11.3. The summed E-state index contributed by atoms with van der Waals surface area (Å²) >= 11 is 0. The molecule has 0 radical (unpaired) electrons. The molecular weight excluding hydrogens is 272 g/mol. The van der Waals surface area contributed by atoms with Crippen LogP contribution in [-0.2, 0) is 10.8 Å². The Balaban J connectivity index is 2.20. The average Bonchev–Trinajstić information content (AvgIpc) is 2.46. The topological polar surface area (TPSA) is 63.4 Å². The second-order valence-corrected chi connectivity index (χ2v) is 6.37. The van der Waals surface area contributed by atoms with Crippen LogP contribution in [0, 0.1) is 18.8 Å². The van der Waals surface area contributed by atoms with Crippen molar-refractivity contribution >= 4 is 16.7 Å². The van der Waals surface area contributed by atoms with Crippen molar-refractivity contribution in [2.24, 2.45) is 5.73 Å². The van der Waals surface area contributed by atoms with Crippen molar-refractivity contribution in [3.8, 4) is 11.8 Å². The van der Waals surface area contributed by atoms with E-state index < -0.39 is 10.8 Å². The summed E-state index contributed by atoms with van der Waals surface area (Å²) in [4.78, 5) is 14.2. The van der Waals surface area contributed by atoms with Crippen molar-refractivity contribution in [1.82, 2.24) is 4.90 Å². The molecule has 0 bridgehead atoms. The van der Waals surface area contributed by atoms with Crippen LogP contribution < -0.4 is 5.73 Å². The molecule has 1 aromatic rings. The van der Waals surface area contributed by atoms with E-state index in [1.54, 1.807) is 4.90 Å². The fraction of sp³-hybridized carbons (Fsp3) is 0.400. The van der Waals surface area contributed by atoms with E-state index in [0.717, 1.165) is 11.1 Å². The van der Waals surface area contributed by atoms with Gasteiger partial charge in [0.2, 0.25) is 0 Å². The number of hydrogen-bond acceptors (Lipinski definition) is 3. The van der Waals surface area contributed by atoms with Gasteiger partial charge in [0.15, 0.2) is 0 Å². The van der Waals surface area contributed by atoms with Crippen molar-refractivity contribution < 1.29 is 9.00 Å². The number of amides is 1. The minimum atomic E-state index is -0.776. The quantitative estimate of drug-likeness (QED) is 0.767. The standard InChI is InChI=1S/C15H18N2O2S/c1-12-4-5-14(11-13(12)3-2-6-16)15(18)17-7-9-20(19)10-8-17/h4-5,11H,6-10,16H2,1H3. The van der Waals surface area contributed by atoms with E-state index in [1.165, 1.54) is 0 Å². The lowest BCUT2D eigenvalue weighted by Gasteiger charge is -2.26. The summed E-state index contributed by atoms with van der Waals surface area (Å²) in [6.07, 6.45) is 0. The number of rotatable bonds is 1. The third kappa shape index (κ3) is 3.47. The fourth-order valence-electron chi connectivity index (χ4n) is 2.06. The Morgan fingerprint density at radius 1 is 1.40 bits per heavy atom. The minimum absolute atomic E-state index is 0.0162. The summed E-state index contributed by atoms with van der Waals surface area (Å²) in [5.41, 5.74) is 7.87. The highest BCUT2D eigenvalue weighted by Crippen LogP contribution is 2.13. The van der Waals surface area contributed by atoms with E-state index in [4.69, 9.17) is 5.73 Å². The highest BCUT2D eigenvalue weighted by atomic mass is 32.2. The Hall–Kier alpha value is -1.64. The first-order chi connectivity index (χ1) is 9.61. The largest absolute Gasteiger partial charge is 0.337 e. The maximum atomic E-state index is 12.4. The van der Waals surface area contributed by atoms with Crippen molar-refractivity contribution in [2.45, 2.75) is 6.92 Å². The molecule has 1 fully saturated rings. The molecule has 0 spiro atoms. The SMILES string of the molecule is Cc1ccc(C(=O)N2CCS(=O)CC2)cc1C#CCN. The molecule has 0 aliphatic carbocycles. The molecule has 2 rings (SSSR count). The van der Waals surface area contributed by atoms with E-state index >= 15 is 0 Å². The third-order valence-electron chi connectivity index (χ3n) is 3.27. The van der Waals surface area contributed by atoms with Crippen LogP contribution in [-0.4, -0.2) is 46.2 Å². The van der Waals surface area contributed by atoms with Gasteiger partial charge in [0, 0.05) is 46.5 Å². The molecule has 5 heteroatoms. The molecular formula is C15H18N2O2S. The third-order valence-corrected chi connectivity index (χ3v) is 4.55. The number of nitrogens with two attached hydrogens (primary N) is 1. The highest BCUT2D eigenvalue weighted by Gasteiger charge is 2.21. The zero-order valence-electron chi connectivity index (χ0n) is 11.5. The van der Waals surface area contributed by atoms with Gasteiger partial charge in [0.05, 0.1) is 6.54 Å². The second-order valence-electron chi connectivity index (χ2n) is 4.68. The zero-order chi connectivity index (χ0) is 14.5. The summed E-state index contributed by atoms with van der Waals surface area (Å²) in [6.45, 7) is 3.38. The van der Waals surface area contributed by atoms with Gasteiger partial charge in [0.25, 0.3) is 5.91 Å². The Kier molecular flexibility index (Phi) is 4.94. The first-order valence-electron chi connectivity index (χ1n) is 6.55. The first-order valence-corrected chi connectivity index (χ1v) is 8.04. The number of carbonyl (C=O) groups is 1. The lowest BCUT2D eigenvalue weighted by Crippen LogP contribution is -2.41. The molecule has 4 nitrogen and oxygen atoms in total. The van der Waals surface area contributed by atoms with Gasteiger partial charge in [-0.1, -0.05) is 17.9 Å². The molecule has 0 aromatic heterocycles. The van der Waals surface area contributed by atoms with Crippen molar-refractivity contribution in [2.75, 3.05) is 31.1 Å². The summed E-state index contributed by atoms with van der Waals surface area (Å²) in [7, 11) is -0.776. The lowest BCUT2D eigenvalue weighted by molar-refractivity contribution is 0.0771. The van der Waals surface area contributed by atoms with Crippen molar-refractivity contribution in [3.63, 3.8) is 0 Å². The molecule has 1 aliphatic heterocycles. The minimum Gasteiger partial charge on any atom is -0.337 e. The maximum absolute atomic E-state index is 12.4. The summed E-state index contributed by atoms with van der Waals surface area (Å²) in [6, 6.07) is 5.53. The second kappa shape index (κ2) is 6.69. The summed E-state index contributed by atoms with van der Waals surface area (Å²) in [5.74, 6) is 6.91. The van der Waals surface area contributed by atoms with Crippen LogP contribution in [0.1, 0.15) is 21.5 Å². The molecule has 20 heavy (non-hydrogen) atoms. The predicted molar refractivity (Wildman–Crippen MR) is 80.9 cm³/mol. The molecule has 0 saturated carbocycles. The molecule has 106 valence electrons. The molecule has 1 heterocycles.